The van der Waals surface area contributed by atoms with Crippen molar-refractivity contribution in [3.05, 3.63) is 92.4 Å². The summed E-state index contributed by atoms with van der Waals surface area (Å²) in [6.07, 6.45) is 4.45. The molecule has 0 fully saturated rings. The Morgan fingerprint density at radius 3 is 2.82 bits per heavy atom. The third-order valence-electron chi connectivity index (χ3n) is 4.44. The first kappa shape index (κ1) is 18.1. The van der Waals surface area contributed by atoms with E-state index in [-0.39, 0.29) is 23.7 Å². The normalized spacial score (nSPS) is 10.9. The highest BCUT2D eigenvalue weighted by molar-refractivity contribution is 7.09. The maximum Gasteiger partial charge on any atom is 0.274 e. The fourth-order valence-electron chi connectivity index (χ4n) is 3.04. The molecular weight excluding hydrogens is 372 g/mol. The molecule has 3 heterocycles. The van der Waals surface area contributed by atoms with Gasteiger partial charge in [-0.1, -0.05) is 18.2 Å². The quantitative estimate of drug-likeness (QED) is 0.565. The van der Waals surface area contributed by atoms with E-state index in [9.17, 15) is 9.59 Å². The molecule has 1 N–H and O–H groups in total. The molecule has 3 aromatic heterocycles. The molecule has 0 aliphatic rings. The monoisotopic (exact) mass is 390 g/mol. The summed E-state index contributed by atoms with van der Waals surface area (Å²) in [4.78, 5) is 39.3. The van der Waals surface area contributed by atoms with Gasteiger partial charge in [0.05, 0.1) is 19.3 Å². The van der Waals surface area contributed by atoms with Gasteiger partial charge in [0.1, 0.15) is 5.69 Å². The molecule has 0 aliphatic heterocycles. The topological polar surface area (TPSA) is 79.0 Å². The summed E-state index contributed by atoms with van der Waals surface area (Å²) >= 11 is 1.57. The van der Waals surface area contributed by atoms with Gasteiger partial charge in [0.2, 0.25) is 0 Å². The Morgan fingerprint density at radius 2 is 2.07 bits per heavy atom. The van der Waals surface area contributed by atoms with Crippen LogP contribution in [0.5, 0.6) is 0 Å². The lowest BCUT2D eigenvalue weighted by Gasteiger charge is -2.21. The standard InChI is InChI=1S/C21H18N4O2S/c1-14-4-5-15-10-16(20(26)24-18(15)9-14)12-25(13-17-3-2-8-28-17)21(27)19-11-22-6-7-23-19/h2-11H,12-13H2,1H3,(H,24,26). The Kier molecular flexibility index (Phi) is 4.99. The van der Waals surface area contributed by atoms with Crippen molar-refractivity contribution >= 4 is 28.1 Å². The zero-order valence-electron chi connectivity index (χ0n) is 15.3. The average Bonchev–Trinajstić information content (AvgIpc) is 3.21. The number of hydrogen-bond donors (Lipinski definition) is 1. The van der Waals surface area contributed by atoms with Crippen LogP contribution in [0.25, 0.3) is 10.9 Å². The zero-order valence-corrected chi connectivity index (χ0v) is 16.1. The Bertz CT molecular complexity index is 1170. The van der Waals surface area contributed by atoms with Crippen molar-refractivity contribution in [2.24, 2.45) is 0 Å². The molecule has 0 saturated heterocycles. The molecule has 0 bridgehead atoms. The molecule has 1 amide bonds. The summed E-state index contributed by atoms with van der Waals surface area (Å²) in [6.45, 7) is 2.57. The van der Waals surface area contributed by atoms with Gasteiger partial charge in [-0.15, -0.1) is 11.3 Å². The van der Waals surface area contributed by atoms with E-state index in [0.29, 0.717) is 12.1 Å². The second kappa shape index (κ2) is 7.74. The van der Waals surface area contributed by atoms with Gasteiger partial charge in [-0.25, -0.2) is 4.98 Å². The number of aryl methyl sites for hydroxylation is 1. The SMILES string of the molecule is Cc1ccc2cc(CN(Cc3cccs3)C(=O)c3cnccn3)c(=O)[nH]c2c1. The van der Waals surface area contributed by atoms with Crippen molar-refractivity contribution in [1.29, 1.82) is 0 Å². The molecule has 1 aromatic carbocycles. The van der Waals surface area contributed by atoms with E-state index in [2.05, 4.69) is 15.0 Å². The highest BCUT2D eigenvalue weighted by Gasteiger charge is 2.20. The predicted octanol–water partition coefficient (Wildman–Crippen LogP) is 3.53. The summed E-state index contributed by atoms with van der Waals surface area (Å²) in [5, 5.41) is 2.90. The number of aromatic nitrogens is 3. The van der Waals surface area contributed by atoms with Gasteiger partial charge in [-0.3, -0.25) is 14.6 Å². The maximum atomic E-state index is 13.0. The number of aromatic amines is 1. The summed E-state index contributed by atoms with van der Waals surface area (Å²) < 4.78 is 0. The number of thiophene rings is 1. The Morgan fingerprint density at radius 1 is 1.18 bits per heavy atom. The highest BCUT2D eigenvalue weighted by Crippen LogP contribution is 2.18. The Labute approximate surface area is 165 Å². The first-order valence-electron chi connectivity index (χ1n) is 8.80. The summed E-state index contributed by atoms with van der Waals surface area (Å²) in [5.41, 5.74) is 2.46. The molecule has 0 aliphatic carbocycles. The van der Waals surface area contributed by atoms with Crippen molar-refractivity contribution in [2.75, 3.05) is 0 Å². The number of H-pyrrole nitrogens is 1. The largest absolute Gasteiger partial charge is 0.328 e. The summed E-state index contributed by atoms with van der Waals surface area (Å²) in [6, 6.07) is 11.7. The van der Waals surface area contributed by atoms with Crippen LogP contribution < -0.4 is 5.56 Å². The van der Waals surface area contributed by atoms with E-state index in [0.717, 1.165) is 21.3 Å². The van der Waals surface area contributed by atoms with E-state index in [1.54, 1.807) is 16.2 Å². The van der Waals surface area contributed by atoms with Crippen LogP contribution in [-0.2, 0) is 13.1 Å². The van der Waals surface area contributed by atoms with Crippen LogP contribution in [0.15, 0.2) is 65.2 Å². The molecule has 4 rings (SSSR count). The van der Waals surface area contributed by atoms with Gasteiger partial charge in [-0.2, -0.15) is 0 Å². The molecule has 6 nitrogen and oxygen atoms in total. The maximum absolute atomic E-state index is 13.0. The molecule has 0 spiro atoms. The van der Waals surface area contributed by atoms with Gasteiger partial charge in [0.15, 0.2) is 0 Å². The third-order valence-corrected chi connectivity index (χ3v) is 5.30. The number of pyridine rings is 1. The molecule has 4 aromatic rings. The van der Waals surface area contributed by atoms with Crippen LogP contribution in [0.4, 0.5) is 0 Å². The molecule has 0 radical (unpaired) electrons. The van der Waals surface area contributed by atoms with E-state index in [4.69, 9.17) is 0 Å². The predicted molar refractivity (Wildman–Crippen MR) is 109 cm³/mol. The number of carbonyl (C=O) groups is 1. The van der Waals surface area contributed by atoms with E-state index < -0.39 is 0 Å². The van der Waals surface area contributed by atoms with E-state index in [1.807, 2.05) is 48.7 Å². The second-order valence-electron chi connectivity index (χ2n) is 6.55. The number of rotatable bonds is 5. The first-order chi connectivity index (χ1) is 13.6. The van der Waals surface area contributed by atoms with Gasteiger partial charge in [0, 0.05) is 28.4 Å². The number of carbonyl (C=O) groups excluding carboxylic acids is 1. The molecule has 0 atom stereocenters. The molecule has 0 saturated carbocycles. The van der Waals surface area contributed by atoms with E-state index in [1.165, 1.54) is 18.6 Å². The van der Waals surface area contributed by atoms with Crippen molar-refractivity contribution < 1.29 is 4.79 Å². The minimum absolute atomic E-state index is 0.187. The second-order valence-corrected chi connectivity index (χ2v) is 7.58. The number of hydrogen-bond acceptors (Lipinski definition) is 5. The first-order valence-corrected chi connectivity index (χ1v) is 9.68. The number of nitrogens with zero attached hydrogens (tertiary/aromatic N) is 3. The lowest BCUT2D eigenvalue weighted by Crippen LogP contribution is -2.32. The average molecular weight is 390 g/mol. The number of amides is 1. The Hall–Kier alpha value is -3.32. The van der Waals surface area contributed by atoms with Crippen LogP contribution in [0.2, 0.25) is 0 Å². The fourth-order valence-corrected chi connectivity index (χ4v) is 3.76. The van der Waals surface area contributed by atoms with Crippen molar-refractivity contribution in [1.82, 2.24) is 19.9 Å². The van der Waals surface area contributed by atoms with Crippen molar-refractivity contribution in [3.63, 3.8) is 0 Å². The van der Waals surface area contributed by atoms with Crippen molar-refractivity contribution in [3.8, 4) is 0 Å². The molecule has 28 heavy (non-hydrogen) atoms. The lowest BCUT2D eigenvalue weighted by atomic mass is 10.1. The van der Waals surface area contributed by atoms with Crippen LogP contribution >= 0.6 is 11.3 Å². The fraction of sp³-hybridized carbons (Fsp3) is 0.143. The number of fused-ring (bicyclic) bond motifs is 1. The molecule has 7 heteroatoms. The number of nitrogens with one attached hydrogen (secondary N) is 1. The highest BCUT2D eigenvalue weighted by atomic mass is 32.1. The van der Waals surface area contributed by atoms with Gasteiger partial charge >= 0.3 is 0 Å². The van der Waals surface area contributed by atoms with Crippen LogP contribution in [-0.4, -0.2) is 25.8 Å². The van der Waals surface area contributed by atoms with Gasteiger partial charge in [-0.05, 0) is 41.5 Å². The van der Waals surface area contributed by atoms with Crippen LogP contribution in [0.3, 0.4) is 0 Å². The third kappa shape index (κ3) is 3.84. The zero-order chi connectivity index (χ0) is 19.5. The van der Waals surface area contributed by atoms with E-state index >= 15 is 0 Å². The smallest absolute Gasteiger partial charge is 0.274 e. The lowest BCUT2D eigenvalue weighted by molar-refractivity contribution is 0.0724. The van der Waals surface area contributed by atoms with Crippen LogP contribution in [0.1, 0.15) is 26.5 Å². The molecular formula is C21H18N4O2S. The van der Waals surface area contributed by atoms with Crippen LogP contribution in [0, 0.1) is 6.92 Å². The minimum Gasteiger partial charge on any atom is -0.328 e. The summed E-state index contributed by atoms with van der Waals surface area (Å²) in [5.74, 6) is -0.259. The summed E-state index contributed by atoms with van der Waals surface area (Å²) in [7, 11) is 0. The molecule has 0 unspecified atom stereocenters. The van der Waals surface area contributed by atoms with Gasteiger partial charge < -0.3 is 9.88 Å². The number of benzene rings is 1. The van der Waals surface area contributed by atoms with Crippen molar-refractivity contribution in [2.45, 2.75) is 20.0 Å². The molecule has 140 valence electrons. The Balaban J connectivity index is 1.70. The minimum atomic E-state index is -0.259. The van der Waals surface area contributed by atoms with Gasteiger partial charge in [0.25, 0.3) is 11.5 Å².